The summed E-state index contributed by atoms with van der Waals surface area (Å²) >= 11 is 6.26. The fraction of sp³-hybridized carbons (Fsp3) is 0.625. The first-order chi connectivity index (χ1) is 10.6. The van der Waals surface area contributed by atoms with Crippen molar-refractivity contribution in [3.63, 3.8) is 0 Å². The number of likely N-dealkylation sites (tertiary alicyclic amines) is 1. The molecule has 2 saturated heterocycles. The van der Waals surface area contributed by atoms with E-state index >= 15 is 0 Å². The molecule has 0 aromatic heterocycles. The van der Waals surface area contributed by atoms with Crippen LogP contribution in [0.2, 0.25) is 0 Å². The van der Waals surface area contributed by atoms with Gasteiger partial charge in [0.1, 0.15) is 12.7 Å². The monoisotopic (exact) mass is 324 g/mol. The second-order valence-corrected chi connectivity index (χ2v) is 6.20. The van der Waals surface area contributed by atoms with Crippen LogP contribution >= 0.6 is 11.6 Å². The molecular formula is C16H21ClN2O3. The Morgan fingerprint density at radius 3 is 2.95 bits per heavy atom. The average Bonchev–Trinajstić information content (AvgIpc) is 2.97. The van der Waals surface area contributed by atoms with Crippen molar-refractivity contribution in [2.75, 3.05) is 32.8 Å². The lowest BCUT2D eigenvalue weighted by molar-refractivity contribution is -0.0173. The highest BCUT2D eigenvalue weighted by molar-refractivity contribution is 6.31. The van der Waals surface area contributed by atoms with E-state index in [4.69, 9.17) is 26.8 Å². The molecule has 5 nitrogen and oxygen atoms in total. The van der Waals surface area contributed by atoms with Gasteiger partial charge in [0.15, 0.2) is 11.9 Å². The van der Waals surface area contributed by atoms with Gasteiger partial charge in [0, 0.05) is 18.2 Å². The summed E-state index contributed by atoms with van der Waals surface area (Å²) in [5.74, 6) is 6.43. The van der Waals surface area contributed by atoms with Crippen molar-refractivity contribution in [3.8, 4) is 11.8 Å². The van der Waals surface area contributed by atoms with E-state index in [1.165, 1.54) is 12.8 Å². The minimum absolute atomic E-state index is 0.393. The van der Waals surface area contributed by atoms with Gasteiger partial charge in [-0.05, 0) is 32.0 Å². The number of allylic oxidation sites excluding steroid dienone is 2. The van der Waals surface area contributed by atoms with Crippen molar-refractivity contribution < 1.29 is 14.6 Å². The maximum absolute atomic E-state index is 10.5. The van der Waals surface area contributed by atoms with E-state index in [0.29, 0.717) is 36.1 Å². The third-order valence-electron chi connectivity index (χ3n) is 4.12. The standard InChI is InChI=1S/C16H21ClN2O3/c17-12-9-11(3-4-14-16(12)22-8-7-21-14)15(20)13(18)10-19-5-1-2-6-19/h9,13-15,20H,1-2,5-8,10,18H2/t13-,14?,15?/m1/s1. The third-order valence-corrected chi connectivity index (χ3v) is 4.42. The molecule has 2 unspecified atom stereocenters. The molecule has 3 aliphatic rings. The summed E-state index contributed by atoms with van der Waals surface area (Å²) in [6, 6.07) is -0.393. The van der Waals surface area contributed by atoms with Gasteiger partial charge in [-0.25, -0.2) is 0 Å². The van der Waals surface area contributed by atoms with E-state index in [9.17, 15) is 5.11 Å². The Morgan fingerprint density at radius 1 is 1.41 bits per heavy atom. The number of aliphatic hydroxyl groups is 1. The van der Waals surface area contributed by atoms with Crippen LogP contribution in [-0.2, 0) is 9.47 Å². The van der Waals surface area contributed by atoms with E-state index < -0.39 is 18.2 Å². The third kappa shape index (κ3) is 3.48. The molecular weight excluding hydrogens is 304 g/mol. The second-order valence-electron chi connectivity index (χ2n) is 5.80. The van der Waals surface area contributed by atoms with Crippen LogP contribution in [-0.4, -0.2) is 61.1 Å². The molecule has 2 fully saturated rings. The van der Waals surface area contributed by atoms with Gasteiger partial charge >= 0.3 is 0 Å². The van der Waals surface area contributed by atoms with Crippen LogP contribution in [0.1, 0.15) is 12.8 Å². The highest BCUT2D eigenvalue weighted by atomic mass is 35.5. The topological polar surface area (TPSA) is 68.0 Å². The number of hydrogen-bond donors (Lipinski definition) is 2. The molecule has 0 aromatic carbocycles. The molecule has 120 valence electrons. The van der Waals surface area contributed by atoms with E-state index in [0.717, 1.165) is 13.1 Å². The molecule has 0 saturated carbocycles. The fourth-order valence-electron chi connectivity index (χ4n) is 2.92. The first-order valence-corrected chi connectivity index (χ1v) is 8.06. The van der Waals surface area contributed by atoms with Crippen molar-refractivity contribution in [3.05, 3.63) is 22.4 Å². The minimum atomic E-state index is -0.845. The van der Waals surface area contributed by atoms with E-state index in [2.05, 4.69) is 16.7 Å². The fourth-order valence-corrected chi connectivity index (χ4v) is 3.19. The predicted octanol–water partition coefficient (Wildman–Crippen LogP) is 0.580. The van der Waals surface area contributed by atoms with Crippen molar-refractivity contribution in [1.82, 2.24) is 4.90 Å². The lowest BCUT2D eigenvalue weighted by atomic mass is 10.0. The Bertz CT molecular complexity index is 543. The quantitative estimate of drug-likeness (QED) is 0.740. The largest absolute Gasteiger partial charge is 0.490 e. The SMILES string of the molecule is N[C@H](CN1CCCC1)C(O)C1=CC(Cl)=C2OCCOC2C#C1. The second kappa shape index (κ2) is 7.03. The van der Waals surface area contributed by atoms with Crippen LogP contribution in [0.5, 0.6) is 0 Å². The van der Waals surface area contributed by atoms with Crippen LogP contribution in [0, 0.1) is 11.8 Å². The number of aliphatic hydroxyl groups excluding tert-OH is 1. The summed E-state index contributed by atoms with van der Waals surface area (Å²) in [6.45, 7) is 3.69. The van der Waals surface area contributed by atoms with E-state index in [1.807, 2.05) is 0 Å². The van der Waals surface area contributed by atoms with E-state index in [-0.39, 0.29) is 0 Å². The molecule has 2 heterocycles. The summed E-state index contributed by atoms with van der Waals surface area (Å²) in [6.07, 6.45) is 2.73. The van der Waals surface area contributed by atoms with Gasteiger partial charge in [-0.15, -0.1) is 0 Å². The molecule has 0 radical (unpaired) electrons. The number of hydrogen-bond acceptors (Lipinski definition) is 5. The number of nitrogens with zero attached hydrogens (tertiary/aromatic N) is 1. The molecule has 22 heavy (non-hydrogen) atoms. The number of nitrogens with two attached hydrogens (primary N) is 1. The lowest BCUT2D eigenvalue weighted by Crippen LogP contribution is -2.44. The maximum Gasteiger partial charge on any atom is 0.177 e. The maximum atomic E-state index is 10.5. The van der Waals surface area contributed by atoms with Gasteiger partial charge in [0.2, 0.25) is 0 Å². The van der Waals surface area contributed by atoms with Crippen molar-refractivity contribution in [2.45, 2.75) is 31.1 Å². The van der Waals surface area contributed by atoms with Gasteiger partial charge in [0.05, 0.1) is 11.6 Å². The van der Waals surface area contributed by atoms with Crippen LogP contribution in [0.25, 0.3) is 0 Å². The zero-order valence-electron chi connectivity index (χ0n) is 12.4. The summed E-state index contributed by atoms with van der Waals surface area (Å²) in [5, 5.41) is 10.9. The Morgan fingerprint density at radius 2 is 2.18 bits per heavy atom. The Kier molecular flexibility index (Phi) is 5.07. The van der Waals surface area contributed by atoms with Crippen molar-refractivity contribution >= 4 is 11.6 Å². The van der Waals surface area contributed by atoms with Crippen molar-refractivity contribution in [2.24, 2.45) is 5.73 Å². The van der Waals surface area contributed by atoms with Crippen LogP contribution < -0.4 is 5.73 Å². The Labute approximate surface area is 135 Å². The minimum Gasteiger partial charge on any atom is -0.490 e. The van der Waals surface area contributed by atoms with Crippen LogP contribution in [0.3, 0.4) is 0 Å². The molecule has 0 aromatic rings. The molecule has 2 aliphatic heterocycles. The predicted molar refractivity (Wildman–Crippen MR) is 84.1 cm³/mol. The number of ether oxygens (including phenoxy) is 2. The highest BCUT2D eigenvalue weighted by Gasteiger charge is 2.27. The van der Waals surface area contributed by atoms with Crippen LogP contribution in [0.15, 0.2) is 22.4 Å². The molecule has 0 amide bonds. The molecule has 0 spiro atoms. The van der Waals surface area contributed by atoms with Gasteiger partial charge < -0.3 is 25.2 Å². The molecule has 6 heteroatoms. The summed E-state index contributed by atoms with van der Waals surface area (Å²) < 4.78 is 11.1. The molecule has 3 N–H and O–H groups in total. The Hall–Kier alpha value is -1.03. The summed E-state index contributed by atoms with van der Waals surface area (Å²) in [4.78, 5) is 2.27. The zero-order chi connectivity index (χ0) is 15.5. The normalized spacial score (nSPS) is 28.0. The average molecular weight is 325 g/mol. The zero-order valence-corrected chi connectivity index (χ0v) is 13.2. The number of fused-ring (bicyclic) bond motifs is 1. The molecule has 3 atom stereocenters. The highest BCUT2D eigenvalue weighted by Crippen LogP contribution is 2.26. The Balaban J connectivity index is 1.72. The van der Waals surface area contributed by atoms with E-state index in [1.54, 1.807) is 6.08 Å². The van der Waals surface area contributed by atoms with Gasteiger partial charge in [0.25, 0.3) is 0 Å². The molecule has 0 bridgehead atoms. The summed E-state index contributed by atoms with van der Waals surface area (Å²) in [5.41, 5.74) is 6.67. The summed E-state index contributed by atoms with van der Waals surface area (Å²) in [7, 11) is 0. The van der Waals surface area contributed by atoms with Crippen molar-refractivity contribution in [1.29, 1.82) is 0 Å². The number of halogens is 1. The first kappa shape index (κ1) is 15.9. The van der Waals surface area contributed by atoms with Crippen LogP contribution in [0.4, 0.5) is 0 Å². The molecule has 3 rings (SSSR count). The number of rotatable bonds is 4. The van der Waals surface area contributed by atoms with Gasteiger partial charge in [-0.3, -0.25) is 0 Å². The smallest absolute Gasteiger partial charge is 0.177 e. The first-order valence-electron chi connectivity index (χ1n) is 7.68. The van der Waals surface area contributed by atoms with Gasteiger partial charge in [-0.2, -0.15) is 0 Å². The molecule has 1 aliphatic carbocycles. The van der Waals surface area contributed by atoms with Gasteiger partial charge in [-0.1, -0.05) is 23.4 Å². The lowest BCUT2D eigenvalue weighted by Gasteiger charge is -2.24.